The highest BCUT2D eigenvalue weighted by Crippen LogP contribution is 2.32. The van der Waals surface area contributed by atoms with E-state index in [2.05, 4.69) is 46.4 Å². The second kappa shape index (κ2) is 6.64. The Morgan fingerprint density at radius 2 is 2.12 bits per heavy atom. The van der Waals surface area contributed by atoms with E-state index in [4.69, 9.17) is 5.11 Å². The van der Waals surface area contributed by atoms with E-state index in [0.717, 1.165) is 4.47 Å². The monoisotopic (exact) mass is 303 g/mol. The van der Waals surface area contributed by atoms with Crippen LogP contribution in [0, 0.1) is 0 Å². The lowest BCUT2D eigenvalue weighted by atomic mass is 10.1. The van der Waals surface area contributed by atoms with Gasteiger partial charge in [-0.25, -0.2) is 0 Å². The van der Waals surface area contributed by atoms with Crippen LogP contribution in [-0.4, -0.2) is 24.0 Å². The van der Waals surface area contributed by atoms with E-state index in [-0.39, 0.29) is 11.9 Å². The SMILES string of the molecule is CNC(C)c1ccc(Br)cc1SC(C)CO. The van der Waals surface area contributed by atoms with Gasteiger partial charge in [0.05, 0.1) is 6.61 Å². The number of thioether (sulfide) groups is 1. The molecule has 0 amide bonds. The second-order valence-electron chi connectivity index (χ2n) is 3.80. The Balaban J connectivity index is 2.98. The van der Waals surface area contributed by atoms with Crippen molar-refractivity contribution in [3.05, 3.63) is 28.2 Å². The van der Waals surface area contributed by atoms with E-state index >= 15 is 0 Å². The highest BCUT2D eigenvalue weighted by molar-refractivity contribution is 9.10. The van der Waals surface area contributed by atoms with Gasteiger partial charge in [0, 0.05) is 20.7 Å². The van der Waals surface area contributed by atoms with E-state index in [1.807, 2.05) is 14.0 Å². The van der Waals surface area contributed by atoms with Gasteiger partial charge >= 0.3 is 0 Å². The number of hydrogen-bond acceptors (Lipinski definition) is 3. The van der Waals surface area contributed by atoms with Gasteiger partial charge in [0.2, 0.25) is 0 Å². The smallest absolute Gasteiger partial charge is 0.0550 e. The molecule has 0 bridgehead atoms. The van der Waals surface area contributed by atoms with Crippen molar-refractivity contribution in [2.45, 2.75) is 30.0 Å². The Hall–Kier alpha value is -0.0300. The summed E-state index contributed by atoms with van der Waals surface area (Å²) in [7, 11) is 1.95. The Labute approximate surface area is 110 Å². The first kappa shape index (κ1) is 14.0. The average molecular weight is 304 g/mol. The fourth-order valence-corrected chi connectivity index (χ4v) is 2.97. The zero-order chi connectivity index (χ0) is 12.1. The van der Waals surface area contributed by atoms with Gasteiger partial charge in [0.25, 0.3) is 0 Å². The Morgan fingerprint density at radius 1 is 1.44 bits per heavy atom. The first-order valence-electron chi connectivity index (χ1n) is 5.32. The van der Waals surface area contributed by atoms with Crippen LogP contribution in [0.15, 0.2) is 27.6 Å². The molecule has 16 heavy (non-hydrogen) atoms. The molecule has 1 rings (SSSR count). The van der Waals surface area contributed by atoms with Crippen molar-refractivity contribution in [2.24, 2.45) is 0 Å². The highest BCUT2D eigenvalue weighted by atomic mass is 79.9. The molecule has 2 unspecified atom stereocenters. The molecule has 2 nitrogen and oxygen atoms in total. The maximum absolute atomic E-state index is 9.10. The van der Waals surface area contributed by atoms with Crippen molar-refractivity contribution in [1.29, 1.82) is 0 Å². The number of rotatable bonds is 5. The van der Waals surface area contributed by atoms with Crippen LogP contribution in [0.5, 0.6) is 0 Å². The van der Waals surface area contributed by atoms with Gasteiger partial charge in [-0.3, -0.25) is 0 Å². The number of aliphatic hydroxyl groups is 1. The van der Waals surface area contributed by atoms with E-state index < -0.39 is 0 Å². The van der Waals surface area contributed by atoms with Gasteiger partial charge in [-0.05, 0) is 31.7 Å². The van der Waals surface area contributed by atoms with Crippen LogP contribution in [0.4, 0.5) is 0 Å². The van der Waals surface area contributed by atoms with Crippen LogP contribution in [0.1, 0.15) is 25.5 Å². The van der Waals surface area contributed by atoms with Gasteiger partial charge in [0.15, 0.2) is 0 Å². The summed E-state index contributed by atoms with van der Waals surface area (Å²) >= 11 is 5.19. The maximum atomic E-state index is 9.10. The maximum Gasteiger partial charge on any atom is 0.0550 e. The van der Waals surface area contributed by atoms with Gasteiger partial charge < -0.3 is 10.4 Å². The highest BCUT2D eigenvalue weighted by Gasteiger charge is 2.12. The molecule has 1 aromatic rings. The standard InChI is InChI=1S/C12H18BrNOS/c1-8(7-15)16-12-6-10(13)4-5-11(12)9(2)14-3/h4-6,8-9,14-15H,7H2,1-3H3. The van der Waals surface area contributed by atoms with Crippen molar-refractivity contribution in [1.82, 2.24) is 5.32 Å². The third kappa shape index (κ3) is 3.77. The number of hydrogen-bond donors (Lipinski definition) is 2. The van der Waals surface area contributed by atoms with Crippen LogP contribution >= 0.6 is 27.7 Å². The van der Waals surface area contributed by atoms with Crippen LogP contribution in [0.3, 0.4) is 0 Å². The van der Waals surface area contributed by atoms with Crippen molar-refractivity contribution in [3.63, 3.8) is 0 Å². The van der Waals surface area contributed by atoms with Gasteiger partial charge in [-0.15, -0.1) is 11.8 Å². The molecular formula is C12H18BrNOS. The van der Waals surface area contributed by atoms with E-state index in [1.165, 1.54) is 10.5 Å². The summed E-state index contributed by atoms with van der Waals surface area (Å²) in [6.07, 6.45) is 0. The Kier molecular flexibility index (Phi) is 5.83. The van der Waals surface area contributed by atoms with E-state index in [9.17, 15) is 0 Å². The van der Waals surface area contributed by atoms with Crippen LogP contribution in [0.2, 0.25) is 0 Å². The summed E-state index contributed by atoms with van der Waals surface area (Å²) in [6.45, 7) is 4.36. The molecule has 0 aromatic heterocycles. The molecule has 0 aliphatic rings. The predicted molar refractivity (Wildman–Crippen MR) is 74.0 cm³/mol. The molecule has 4 heteroatoms. The average Bonchev–Trinajstić information content (AvgIpc) is 2.28. The fraction of sp³-hybridized carbons (Fsp3) is 0.500. The number of benzene rings is 1. The molecule has 0 saturated heterocycles. The molecule has 2 N–H and O–H groups in total. The van der Waals surface area contributed by atoms with Crippen molar-refractivity contribution >= 4 is 27.7 Å². The van der Waals surface area contributed by atoms with Crippen LogP contribution in [-0.2, 0) is 0 Å². The number of nitrogens with one attached hydrogen (secondary N) is 1. The summed E-state index contributed by atoms with van der Waals surface area (Å²) in [5, 5.41) is 12.6. The molecule has 0 aliphatic heterocycles. The number of halogens is 1. The molecule has 0 radical (unpaired) electrons. The normalized spacial score (nSPS) is 14.8. The summed E-state index contributed by atoms with van der Waals surface area (Å²) in [4.78, 5) is 1.22. The van der Waals surface area contributed by atoms with E-state index in [0.29, 0.717) is 6.04 Å². The largest absolute Gasteiger partial charge is 0.395 e. The van der Waals surface area contributed by atoms with Crippen LogP contribution in [0.25, 0.3) is 0 Å². The molecule has 0 heterocycles. The quantitative estimate of drug-likeness (QED) is 0.819. The number of aliphatic hydroxyl groups excluding tert-OH is 1. The minimum Gasteiger partial charge on any atom is -0.395 e. The lowest BCUT2D eigenvalue weighted by Crippen LogP contribution is -2.14. The topological polar surface area (TPSA) is 32.3 Å². The third-order valence-electron chi connectivity index (χ3n) is 2.46. The fourth-order valence-electron chi connectivity index (χ4n) is 1.38. The van der Waals surface area contributed by atoms with Crippen LogP contribution < -0.4 is 5.32 Å². The summed E-state index contributed by atoms with van der Waals surface area (Å²) in [6, 6.07) is 6.61. The molecule has 0 fully saturated rings. The van der Waals surface area contributed by atoms with Crippen molar-refractivity contribution < 1.29 is 5.11 Å². The van der Waals surface area contributed by atoms with Gasteiger partial charge in [-0.2, -0.15) is 0 Å². The molecule has 90 valence electrons. The second-order valence-corrected chi connectivity index (χ2v) is 6.20. The molecule has 1 aromatic carbocycles. The minimum absolute atomic E-state index is 0.199. The lowest BCUT2D eigenvalue weighted by Gasteiger charge is -2.17. The minimum atomic E-state index is 0.199. The zero-order valence-electron chi connectivity index (χ0n) is 9.83. The molecule has 0 spiro atoms. The molecular weight excluding hydrogens is 286 g/mol. The molecule has 0 saturated carbocycles. The van der Waals surface area contributed by atoms with E-state index in [1.54, 1.807) is 11.8 Å². The van der Waals surface area contributed by atoms with Gasteiger partial charge in [-0.1, -0.05) is 28.9 Å². The summed E-state index contributed by atoms with van der Waals surface area (Å²) < 4.78 is 1.08. The third-order valence-corrected chi connectivity index (χ3v) is 4.11. The Bertz CT molecular complexity index is 346. The molecule has 0 aliphatic carbocycles. The Morgan fingerprint density at radius 3 is 2.69 bits per heavy atom. The lowest BCUT2D eigenvalue weighted by molar-refractivity contribution is 0.300. The summed E-state index contributed by atoms with van der Waals surface area (Å²) in [5.74, 6) is 0. The first-order chi connectivity index (χ1) is 7.58. The predicted octanol–water partition coefficient (Wildman–Crippen LogP) is 3.20. The molecule has 2 atom stereocenters. The zero-order valence-corrected chi connectivity index (χ0v) is 12.2. The van der Waals surface area contributed by atoms with Crippen molar-refractivity contribution in [2.75, 3.05) is 13.7 Å². The van der Waals surface area contributed by atoms with Crippen molar-refractivity contribution in [3.8, 4) is 0 Å². The summed E-state index contributed by atoms with van der Waals surface area (Å²) in [5.41, 5.74) is 1.27. The van der Waals surface area contributed by atoms with Gasteiger partial charge in [0.1, 0.15) is 0 Å². The first-order valence-corrected chi connectivity index (χ1v) is 7.00.